The predicted molar refractivity (Wildman–Crippen MR) is 69.1 cm³/mol. The molecule has 0 amide bonds. The molecule has 1 aromatic carbocycles. The lowest BCUT2D eigenvalue weighted by molar-refractivity contribution is 0.377. The Hall–Kier alpha value is -1.64. The van der Waals surface area contributed by atoms with Crippen LogP contribution in [0.15, 0.2) is 33.9 Å². The summed E-state index contributed by atoms with van der Waals surface area (Å²) in [6.07, 6.45) is 1.53. The van der Waals surface area contributed by atoms with Gasteiger partial charge in [-0.05, 0) is 12.1 Å². The lowest BCUT2D eigenvalue weighted by Crippen LogP contribution is -2.27. The lowest BCUT2D eigenvalue weighted by Gasteiger charge is -2.09. The summed E-state index contributed by atoms with van der Waals surface area (Å²) in [5.74, 6) is 0.342. The molecule has 2 rings (SSSR count). The number of anilines is 1. The largest absolute Gasteiger partial charge is 0.398 e. The third-order valence-electron chi connectivity index (χ3n) is 2.30. The Morgan fingerprint density at radius 1 is 1.42 bits per heavy atom. The van der Waals surface area contributed by atoms with Crippen LogP contribution in [0.4, 0.5) is 5.69 Å². The zero-order valence-corrected chi connectivity index (χ0v) is 11.3. The number of halogens is 1. The Labute approximate surface area is 114 Å². The summed E-state index contributed by atoms with van der Waals surface area (Å²) in [4.78, 5) is 3.66. The van der Waals surface area contributed by atoms with Gasteiger partial charge < -0.3 is 10.3 Å². The van der Waals surface area contributed by atoms with E-state index in [-0.39, 0.29) is 28.6 Å². The molecule has 0 unspecified atom stereocenters. The molecular formula is C10H11ClN4O3S. The highest BCUT2D eigenvalue weighted by molar-refractivity contribution is 7.89. The van der Waals surface area contributed by atoms with Gasteiger partial charge >= 0.3 is 0 Å². The van der Waals surface area contributed by atoms with Crippen molar-refractivity contribution in [2.75, 3.05) is 12.3 Å². The lowest BCUT2D eigenvalue weighted by atomic mass is 10.3. The molecule has 0 atom stereocenters. The van der Waals surface area contributed by atoms with Gasteiger partial charge in [-0.2, -0.15) is 4.98 Å². The van der Waals surface area contributed by atoms with E-state index in [0.29, 0.717) is 5.89 Å². The summed E-state index contributed by atoms with van der Waals surface area (Å²) < 4.78 is 31.3. The Balaban J connectivity index is 2.10. The Morgan fingerprint density at radius 3 is 2.84 bits per heavy atom. The molecule has 0 aliphatic carbocycles. The fourth-order valence-electron chi connectivity index (χ4n) is 1.48. The summed E-state index contributed by atoms with van der Waals surface area (Å²) in [7, 11) is -3.77. The average molecular weight is 303 g/mol. The third-order valence-corrected chi connectivity index (χ3v) is 4.31. The fraction of sp³-hybridized carbons (Fsp3) is 0.200. The average Bonchev–Trinajstić information content (AvgIpc) is 2.81. The number of nitrogens with one attached hydrogen (secondary N) is 1. The van der Waals surface area contributed by atoms with Crippen molar-refractivity contribution in [2.45, 2.75) is 11.3 Å². The van der Waals surface area contributed by atoms with Crippen LogP contribution < -0.4 is 10.5 Å². The SMILES string of the molecule is Nc1cccc(Cl)c1S(=O)(=O)NCCc1ncno1. The van der Waals surface area contributed by atoms with Gasteiger partial charge in [-0.1, -0.05) is 22.8 Å². The van der Waals surface area contributed by atoms with Crippen molar-refractivity contribution in [3.8, 4) is 0 Å². The van der Waals surface area contributed by atoms with E-state index < -0.39 is 10.0 Å². The van der Waals surface area contributed by atoms with Crippen molar-refractivity contribution in [1.29, 1.82) is 0 Å². The topological polar surface area (TPSA) is 111 Å². The van der Waals surface area contributed by atoms with E-state index in [1.165, 1.54) is 18.5 Å². The maximum absolute atomic E-state index is 12.1. The van der Waals surface area contributed by atoms with Gasteiger partial charge in [-0.25, -0.2) is 13.1 Å². The second-order valence-corrected chi connectivity index (χ2v) is 5.75. The van der Waals surface area contributed by atoms with Crippen molar-refractivity contribution in [3.05, 3.63) is 35.4 Å². The van der Waals surface area contributed by atoms with Crippen LogP contribution in [0, 0.1) is 0 Å². The van der Waals surface area contributed by atoms with E-state index in [0.717, 1.165) is 0 Å². The number of rotatable bonds is 5. The molecule has 7 nitrogen and oxygen atoms in total. The zero-order chi connectivity index (χ0) is 13.9. The van der Waals surface area contributed by atoms with Crippen LogP contribution in [0.1, 0.15) is 5.89 Å². The molecule has 0 fully saturated rings. The minimum Gasteiger partial charge on any atom is -0.398 e. The van der Waals surface area contributed by atoms with Crippen molar-refractivity contribution in [3.63, 3.8) is 0 Å². The summed E-state index contributed by atoms with van der Waals surface area (Å²) in [5.41, 5.74) is 5.72. The Bertz CT molecular complexity index is 637. The normalized spacial score (nSPS) is 11.6. The molecule has 0 saturated carbocycles. The number of hydrogen-bond acceptors (Lipinski definition) is 6. The molecule has 0 aliphatic rings. The number of nitrogen functional groups attached to an aromatic ring is 1. The number of hydrogen-bond donors (Lipinski definition) is 2. The van der Waals surface area contributed by atoms with Crippen LogP contribution in [0.2, 0.25) is 5.02 Å². The van der Waals surface area contributed by atoms with Crippen LogP contribution >= 0.6 is 11.6 Å². The second kappa shape index (κ2) is 5.55. The molecule has 102 valence electrons. The van der Waals surface area contributed by atoms with Gasteiger partial charge in [-0.15, -0.1) is 0 Å². The van der Waals surface area contributed by atoms with E-state index in [1.54, 1.807) is 6.07 Å². The maximum Gasteiger partial charge on any atom is 0.244 e. The van der Waals surface area contributed by atoms with Gasteiger partial charge in [0.15, 0.2) is 6.33 Å². The molecule has 3 N–H and O–H groups in total. The number of nitrogens with zero attached hydrogens (tertiary/aromatic N) is 2. The first kappa shape index (κ1) is 13.8. The molecule has 0 spiro atoms. The molecule has 19 heavy (non-hydrogen) atoms. The first-order valence-electron chi connectivity index (χ1n) is 5.30. The summed E-state index contributed by atoms with van der Waals surface area (Å²) in [5, 5.41) is 3.49. The molecule has 2 aromatic rings. The van der Waals surface area contributed by atoms with E-state index in [2.05, 4.69) is 14.9 Å². The van der Waals surface area contributed by atoms with Crippen LogP contribution in [0.3, 0.4) is 0 Å². The van der Waals surface area contributed by atoms with Gasteiger partial charge in [0, 0.05) is 13.0 Å². The molecule has 9 heteroatoms. The van der Waals surface area contributed by atoms with Crippen LogP contribution in [-0.4, -0.2) is 25.1 Å². The van der Waals surface area contributed by atoms with E-state index in [1.807, 2.05) is 0 Å². The summed E-state index contributed by atoms with van der Waals surface area (Å²) >= 11 is 5.85. The molecule has 1 aromatic heterocycles. The van der Waals surface area contributed by atoms with Gasteiger partial charge in [0.05, 0.1) is 10.7 Å². The van der Waals surface area contributed by atoms with Crippen molar-refractivity contribution < 1.29 is 12.9 Å². The van der Waals surface area contributed by atoms with E-state index >= 15 is 0 Å². The fourth-order valence-corrected chi connectivity index (χ4v) is 3.18. The smallest absolute Gasteiger partial charge is 0.244 e. The number of nitrogens with two attached hydrogens (primary N) is 1. The predicted octanol–water partition coefficient (Wildman–Crippen LogP) is 0.826. The highest BCUT2D eigenvalue weighted by Crippen LogP contribution is 2.26. The number of benzene rings is 1. The van der Waals surface area contributed by atoms with Gasteiger partial charge in [0.25, 0.3) is 0 Å². The Morgan fingerprint density at radius 2 is 2.21 bits per heavy atom. The zero-order valence-electron chi connectivity index (χ0n) is 9.71. The summed E-state index contributed by atoms with van der Waals surface area (Å²) in [6.45, 7) is 0.106. The monoisotopic (exact) mass is 302 g/mol. The highest BCUT2D eigenvalue weighted by Gasteiger charge is 2.20. The molecule has 0 saturated heterocycles. The molecular weight excluding hydrogens is 292 g/mol. The summed E-state index contributed by atoms with van der Waals surface area (Å²) in [6, 6.07) is 4.51. The third kappa shape index (κ3) is 3.22. The van der Waals surface area contributed by atoms with Gasteiger partial charge in [-0.3, -0.25) is 0 Å². The standard InChI is InChI=1S/C10H11ClN4O3S/c11-7-2-1-3-8(12)10(7)19(16,17)15-5-4-9-13-6-14-18-9/h1-3,6,15H,4-5,12H2. The number of sulfonamides is 1. The molecule has 0 radical (unpaired) electrons. The molecule has 1 heterocycles. The van der Waals surface area contributed by atoms with Crippen LogP contribution in [0.25, 0.3) is 0 Å². The number of aromatic nitrogens is 2. The minimum absolute atomic E-state index is 0.0743. The quantitative estimate of drug-likeness (QED) is 0.791. The highest BCUT2D eigenvalue weighted by atomic mass is 35.5. The molecule has 0 bridgehead atoms. The van der Waals surface area contributed by atoms with Crippen molar-refractivity contribution >= 4 is 27.3 Å². The maximum atomic E-state index is 12.1. The van der Waals surface area contributed by atoms with Crippen molar-refractivity contribution in [2.24, 2.45) is 0 Å². The van der Waals surface area contributed by atoms with Gasteiger partial charge in [0.1, 0.15) is 4.90 Å². The first-order valence-corrected chi connectivity index (χ1v) is 7.16. The first-order chi connectivity index (χ1) is 9.00. The van der Waals surface area contributed by atoms with Gasteiger partial charge in [0.2, 0.25) is 15.9 Å². The Kier molecular flexibility index (Phi) is 4.03. The van der Waals surface area contributed by atoms with E-state index in [9.17, 15) is 8.42 Å². The van der Waals surface area contributed by atoms with E-state index in [4.69, 9.17) is 21.9 Å². The van der Waals surface area contributed by atoms with Crippen molar-refractivity contribution in [1.82, 2.24) is 14.9 Å². The van der Waals surface area contributed by atoms with Crippen LogP contribution in [-0.2, 0) is 16.4 Å². The molecule has 0 aliphatic heterocycles. The second-order valence-electron chi connectivity index (χ2n) is 3.64. The van der Waals surface area contributed by atoms with Crippen LogP contribution in [0.5, 0.6) is 0 Å². The minimum atomic E-state index is -3.77.